The third-order valence-electron chi connectivity index (χ3n) is 4.94. The van der Waals surface area contributed by atoms with Crippen molar-refractivity contribution in [2.45, 2.75) is 50.6 Å². The minimum atomic E-state index is -3.98. The molecular weight excluding hydrogens is 476 g/mol. The summed E-state index contributed by atoms with van der Waals surface area (Å²) in [6, 6.07) is 9.70. The first-order valence-corrected chi connectivity index (χ1v) is 14.1. The third kappa shape index (κ3) is 8.11. The van der Waals surface area contributed by atoms with Crippen molar-refractivity contribution in [3.05, 3.63) is 52.6 Å². The molecule has 0 heterocycles. The fourth-order valence-corrected chi connectivity index (χ4v) is 4.70. The predicted molar refractivity (Wildman–Crippen MR) is 135 cm³/mol. The number of nitro groups is 1. The van der Waals surface area contributed by atoms with Crippen molar-refractivity contribution in [3.63, 3.8) is 0 Å². The lowest BCUT2D eigenvalue weighted by molar-refractivity contribution is -0.383. The van der Waals surface area contributed by atoms with Gasteiger partial charge in [0, 0.05) is 25.2 Å². The fraction of sp³-hybridized carbons (Fsp3) is 0.409. The van der Waals surface area contributed by atoms with Crippen molar-refractivity contribution < 1.29 is 22.6 Å². The maximum Gasteiger partial charge on any atom is 0.475 e. The Balaban J connectivity index is 2.04. The van der Waals surface area contributed by atoms with Gasteiger partial charge in [0.05, 0.1) is 28.7 Å². The van der Waals surface area contributed by atoms with Crippen LogP contribution in [0.25, 0.3) is 0 Å². The molecule has 0 saturated carbocycles. The summed E-state index contributed by atoms with van der Waals surface area (Å²) in [6.07, 6.45) is 0.679. The van der Waals surface area contributed by atoms with Crippen LogP contribution in [0.3, 0.4) is 0 Å². The molecule has 3 N–H and O–H groups in total. The number of carbonyl (C=O) groups excluding carboxylic acids is 1. The number of hydrogen-bond donors (Lipinski definition) is 3. The van der Waals surface area contributed by atoms with E-state index in [4.69, 9.17) is 4.43 Å². The molecule has 0 saturated heterocycles. The van der Waals surface area contributed by atoms with Crippen LogP contribution >= 0.6 is 0 Å². The molecule has 1 amide bonds. The van der Waals surface area contributed by atoms with Gasteiger partial charge in [0.2, 0.25) is 5.91 Å². The Hall–Kier alpha value is -2.96. The number of nitrogens with zero attached hydrogens (tertiary/aromatic N) is 1. The maximum atomic E-state index is 12.7. The maximum absolute atomic E-state index is 12.7. The van der Waals surface area contributed by atoms with Crippen molar-refractivity contribution in [3.8, 4) is 0 Å². The molecule has 0 spiro atoms. The van der Waals surface area contributed by atoms with Gasteiger partial charge in [-0.15, -0.1) is 0 Å². The van der Waals surface area contributed by atoms with E-state index in [1.54, 1.807) is 0 Å². The number of nitrogens with one attached hydrogen (secondary N) is 3. The Morgan fingerprint density at radius 2 is 1.74 bits per heavy atom. The first-order valence-electron chi connectivity index (χ1n) is 10.7. The van der Waals surface area contributed by atoms with Crippen molar-refractivity contribution >= 4 is 47.7 Å². The van der Waals surface area contributed by atoms with Gasteiger partial charge in [-0.25, -0.2) is 12.8 Å². The van der Waals surface area contributed by atoms with E-state index in [1.165, 1.54) is 49.4 Å². The molecule has 0 aliphatic heterocycles. The second-order valence-corrected chi connectivity index (χ2v) is 13.3. The van der Waals surface area contributed by atoms with Gasteiger partial charge in [-0.3, -0.25) is 19.6 Å². The molecule has 0 aromatic heterocycles. The number of hydrogen-bond acceptors (Lipinski definition) is 7. The number of rotatable bonds is 11. The summed E-state index contributed by atoms with van der Waals surface area (Å²) in [7, 11) is -4.92. The zero-order valence-corrected chi connectivity index (χ0v) is 21.8. The minimum absolute atomic E-state index is 0.0430. The summed E-state index contributed by atoms with van der Waals surface area (Å²) < 4.78 is 33.6. The van der Waals surface area contributed by atoms with Gasteiger partial charge in [-0.2, -0.15) is 0 Å². The molecule has 0 unspecified atom stereocenters. The van der Waals surface area contributed by atoms with Crippen molar-refractivity contribution in [2.24, 2.45) is 0 Å². The number of nitro benzene ring substituents is 1. The largest absolute Gasteiger partial charge is 0.475 e. The van der Waals surface area contributed by atoms with E-state index in [0.29, 0.717) is 30.9 Å². The van der Waals surface area contributed by atoms with E-state index < -0.39 is 24.0 Å². The standard InChI is InChI=1S/C22H30N4O6SSi/c1-16(27)24-17-7-10-19(11-8-17)33(30,31)25-18-9-12-20(21(15-18)26(28)29)23-13-6-14-32-34(5)22(2,3)4/h7-12,15,23,25H,6,13-14H2,1-5H3/p+1. The van der Waals surface area contributed by atoms with E-state index >= 15 is 0 Å². The molecule has 0 radical (unpaired) electrons. The molecular formula is C22H31N4O6SSi+. The zero-order valence-electron chi connectivity index (χ0n) is 20.0. The second-order valence-electron chi connectivity index (χ2n) is 8.74. The molecule has 10 nitrogen and oxygen atoms in total. The average molecular weight is 508 g/mol. The van der Waals surface area contributed by atoms with E-state index in [0.717, 1.165) is 0 Å². The molecule has 2 aromatic carbocycles. The van der Waals surface area contributed by atoms with Gasteiger partial charge in [0.1, 0.15) is 10.7 Å². The third-order valence-corrected chi connectivity index (χ3v) is 9.09. The molecule has 0 bridgehead atoms. The lowest BCUT2D eigenvalue weighted by Gasteiger charge is -2.13. The van der Waals surface area contributed by atoms with Crippen LogP contribution in [0, 0.1) is 10.1 Å². The Morgan fingerprint density at radius 1 is 1.12 bits per heavy atom. The van der Waals surface area contributed by atoms with Gasteiger partial charge >= 0.3 is 9.04 Å². The first kappa shape index (κ1) is 27.3. The highest BCUT2D eigenvalue weighted by atomic mass is 32.2. The summed E-state index contributed by atoms with van der Waals surface area (Å²) in [5, 5.41) is 17.3. The predicted octanol–water partition coefficient (Wildman–Crippen LogP) is 4.59. The monoisotopic (exact) mass is 507 g/mol. The van der Waals surface area contributed by atoms with Crippen LogP contribution in [0.4, 0.5) is 22.7 Å². The number of amides is 1. The normalized spacial score (nSPS) is 11.6. The summed E-state index contributed by atoms with van der Waals surface area (Å²) in [4.78, 5) is 22.1. The summed E-state index contributed by atoms with van der Waals surface area (Å²) in [5.41, 5.74) is 0.579. The van der Waals surface area contributed by atoms with Gasteiger partial charge in [-0.1, -0.05) is 0 Å². The Kier molecular flexibility index (Phi) is 9.19. The molecule has 2 rings (SSSR count). The highest BCUT2D eigenvalue weighted by molar-refractivity contribution is 7.92. The lowest BCUT2D eigenvalue weighted by atomic mass is 10.2. The summed E-state index contributed by atoms with van der Waals surface area (Å²) in [5.74, 6) is -0.275. The highest BCUT2D eigenvalue weighted by Gasteiger charge is 2.38. The van der Waals surface area contributed by atoms with Crippen LogP contribution < -0.4 is 15.4 Å². The Bertz CT molecular complexity index is 1120. The SMILES string of the molecule is CC(=O)Nc1ccc(S(=O)(=O)Nc2ccc(NCCCO[Si+](C)C(C)(C)C)c([N+](=O)[O-])c2)cc1. The van der Waals surface area contributed by atoms with Gasteiger partial charge < -0.3 is 10.6 Å². The van der Waals surface area contributed by atoms with Crippen LogP contribution in [0.1, 0.15) is 34.1 Å². The van der Waals surface area contributed by atoms with Gasteiger partial charge in [0.25, 0.3) is 15.7 Å². The first-order chi connectivity index (χ1) is 15.8. The van der Waals surface area contributed by atoms with Gasteiger partial charge in [-0.05, 0) is 63.6 Å². The van der Waals surface area contributed by atoms with Crippen molar-refractivity contribution in [2.75, 3.05) is 28.5 Å². The van der Waals surface area contributed by atoms with E-state index in [-0.39, 0.29) is 27.2 Å². The van der Waals surface area contributed by atoms with E-state index in [1.807, 2.05) is 0 Å². The molecule has 2 aromatic rings. The molecule has 0 atom stereocenters. The van der Waals surface area contributed by atoms with E-state index in [9.17, 15) is 23.3 Å². The molecule has 12 heteroatoms. The zero-order chi connectivity index (χ0) is 25.5. The molecule has 0 fully saturated rings. The molecule has 184 valence electrons. The minimum Gasteiger partial charge on any atom is -0.379 e. The smallest absolute Gasteiger partial charge is 0.379 e. The van der Waals surface area contributed by atoms with Crippen molar-refractivity contribution in [1.29, 1.82) is 0 Å². The van der Waals surface area contributed by atoms with Crippen LogP contribution in [-0.2, 0) is 19.2 Å². The quantitative estimate of drug-likeness (QED) is 0.175. The lowest BCUT2D eigenvalue weighted by Crippen LogP contribution is -2.26. The fourth-order valence-electron chi connectivity index (χ4n) is 2.77. The molecule has 0 aliphatic rings. The van der Waals surface area contributed by atoms with Crippen LogP contribution in [-0.4, -0.2) is 41.4 Å². The van der Waals surface area contributed by atoms with Crippen LogP contribution in [0.5, 0.6) is 0 Å². The molecule has 34 heavy (non-hydrogen) atoms. The summed E-state index contributed by atoms with van der Waals surface area (Å²) in [6.45, 7) is 10.9. The highest BCUT2D eigenvalue weighted by Crippen LogP contribution is 2.30. The van der Waals surface area contributed by atoms with Crippen molar-refractivity contribution in [1.82, 2.24) is 0 Å². The second kappa shape index (κ2) is 11.4. The Labute approximate surface area is 202 Å². The van der Waals surface area contributed by atoms with Crippen LogP contribution in [0.2, 0.25) is 11.6 Å². The van der Waals surface area contributed by atoms with Crippen LogP contribution in [0.15, 0.2) is 47.4 Å². The average Bonchev–Trinajstić information content (AvgIpc) is 2.73. The van der Waals surface area contributed by atoms with Gasteiger partial charge in [0.15, 0.2) is 0 Å². The number of carbonyl (C=O) groups is 1. The summed E-state index contributed by atoms with van der Waals surface area (Å²) >= 11 is 0. The molecule has 0 aliphatic carbocycles. The number of benzene rings is 2. The Morgan fingerprint density at radius 3 is 2.29 bits per heavy atom. The number of anilines is 3. The number of sulfonamides is 1. The van der Waals surface area contributed by atoms with E-state index in [2.05, 4.69) is 42.7 Å². The topological polar surface area (TPSA) is 140 Å².